The summed E-state index contributed by atoms with van der Waals surface area (Å²) in [4.78, 5) is 4.40. The van der Waals surface area contributed by atoms with Gasteiger partial charge in [-0.3, -0.25) is 4.98 Å². The summed E-state index contributed by atoms with van der Waals surface area (Å²) >= 11 is 2.40. The fraction of sp³-hybridized carbons (Fsp3) is 0.583. The van der Waals surface area contributed by atoms with Crippen LogP contribution in [0.2, 0.25) is 0 Å². The zero-order valence-corrected chi connectivity index (χ0v) is 11.3. The monoisotopic (exact) mass is 317 g/mol. The highest BCUT2D eigenvalue weighted by Crippen LogP contribution is 2.44. The van der Waals surface area contributed by atoms with Crippen LogP contribution in [0.5, 0.6) is 0 Å². The second-order valence-electron chi connectivity index (χ2n) is 4.63. The van der Waals surface area contributed by atoms with Crippen molar-refractivity contribution in [3.63, 3.8) is 0 Å². The van der Waals surface area contributed by atoms with Gasteiger partial charge in [-0.05, 0) is 38.8 Å². The van der Waals surface area contributed by atoms with E-state index in [2.05, 4.69) is 47.5 Å². The maximum Gasteiger partial charge on any atom is 0.108 e. The summed E-state index contributed by atoms with van der Waals surface area (Å²) in [7, 11) is 0. The van der Waals surface area contributed by atoms with E-state index in [-0.39, 0.29) is 11.2 Å². The van der Waals surface area contributed by atoms with Gasteiger partial charge >= 0.3 is 0 Å². The molecule has 82 valence electrons. The summed E-state index contributed by atoms with van der Waals surface area (Å²) in [5.74, 6) is 0. The summed E-state index contributed by atoms with van der Waals surface area (Å²) in [5.41, 5.74) is 0.882. The van der Waals surface area contributed by atoms with Crippen molar-refractivity contribution in [1.82, 2.24) is 4.98 Å². The minimum absolute atomic E-state index is 0.0207. The summed E-state index contributed by atoms with van der Waals surface area (Å²) in [6.07, 6.45) is 4.01. The first-order valence-corrected chi connectivity index (χ1v) is 6.78. The number of ether oxygens (including phenoxy) is 1. The molecule has 1 aliphatic heterocycles. The van der Waals surface area contributed by atoms with Gasteiger partial charge in [-0.25, -0.2) is 0 Å². The fourth-order valence-electron chi connectivity index (χ4n) is 2.10. The van der Waals surface area contributed by atoms with Crippen molar-refractivity contribution >= 4 is 22.6 Å². The van der Waals surface area contributed by atoms with E-state index in [1.807, 2.05) is 18.3 Å². The van der Waals surface area contributed by atoms with Crippen LogP contribution in [0.3, 0.4) is 0 Å². The van der Waals surface area contributed by atoms with Crippen LogP contribution in [-0.4, -0.2) is 15.0 Å². The lowest BCUT2D eigenvalue weighted by atomic mass is 9.96. The largest absolute Gasteiger partial charge is 0.362 e. The number of rotatable bonds is 2. The zero-order valence-electron chi connectivity index (χ0n) is 9.16. The molecular formula is C12H16INO. The molecular weight excluding hydrogens is 301 g/mol. The first-order chi connectivity index (χ1) is 7.08. The molecule has 2 unspecified atom stereocenters. The van der Waals surface area contributed by atoms with Gasteiger partial charge in [0.25, 0.3) is 0 Å². The van der Waals surface area contributed by atoms with E-state index in [0.717, 1.165) is 23.0 Å². The van der Waals surface area contributed by atoms with Crippen molar-refractivity contribution < 1.29 is 4.74 Å². The number of nitrogens with zero attached hydrogens (tertiary/aromatic N) is 1. The highest BCUT2D eigenvalue weighted by molar-refractivity contribution is 14.1. The van der Waals surface area contributed by atoms with E-state index in [9.17, 15) is 0 Å². The van der Waals surface area contributed by atoms with Crippen LogP contribution in [0.25, 0.3) is 0 Å². The Labute approximate surface area is 105 Å². The molecule has 2 atom stereocenters. The van der Waals surface area contributed by atoms with Gasteiger partial charge in [0.2, 0.25) is 0 Å². The van der Waals surface area contributed by atoms with Crippen molar-refractivity contribution in [3.8, 4) is 0 Å². The Morgan fingerprint density at radius 2 is 2.20 bits per heavy atom. The van der Waals surface area contributed by atoms with Crippen molar-refractivity contribution in [1.29, 1.82) is 0 Å². The molecule has 0 spiro atoms. The average Bonchev–Trinajstić information content (AvgIpc) is 2.59. The topological polar surface area (TPSA) is 22.1 Å². The third-order valence-electron chi connectivity index (χ3n) is 3.09. The third-order valence-corrected chi connectivity index (χ3v) is 4.71. The van der Waals surface area contributed by atoms with Crippen LogP contribution in [-0.2, 0) is 10.3 Å². The first kappa shape index (κ1) is 11.3. The molecule has 0 bridgehead atoms. The Balaban J connectivity index is 2.24. The number of pyridine rings is 1. The lowest BCUT2D eigenvalue weighted by molar-refractivity contribution is -0.0775. The Kier molecular flexibility index (Phi) is 3.03. The predicted octanol–water partition coefficient (Wildman–Crippen LogP) is 3.30. The molecule has 0 N–H and O–H groups in total. The lowest BCUT2D eigenvalue weighted by Gasteiger charge is -2.28. The van der Waals surface area contributed by atoms with Crippen molar-refractivity contribution in [2.45, 2.75) is 37.9 Å². The molecule has 3 heteroatoms. The van der Waals surface area contributed by atoms with E-state index in [1.54, 1.807) is 0 Å². The highest BCUT2D eigenvalue weighted by Gasteiger charge is 2.44. The standard InChI is InChI=1S/C12H16INO/c1-11(9-13)6-7-12(2,15-11)10-5-3-4-8-14-10/h3-5,8H,6-7,9H2,1-2H3. The second kappa shape index (κ2) is 4.01. The summed E-state index contributed by atoms with van der Waals surface area (Å²) in [6, 6.07) is 6.02. The first-order valence-electron chi connectivity index (χ1n) is 5.26. The number of aromatic nitrogens is 1. The van der Waals surface area contributed by atoms with Crippen LogP contribution < -0.4 is 0 Å². The van der Waals surface area contributed by atoms with Gasteiger partial charge in [-0.2, -0.15) is 0 Å². The maximum atomic E-state index is 6.20. The number of alkyl halides is 1. The minimum atomic E-state index is -0.193. The molecule has 1 fully saturated rings. The Hall–Kier alpha value is -0.160. The third kappa shape index (κ3) is 2.18. The van der Waals surface area contributed by atoms with Crippen molar-refractivity contribution in [3.05, 3.63) is 30.1 Å². The summed E-state index contributed by atoms with van der Waals surface area (Å²) in [6.45, 7) is 4.33. The summed E-state index contributed by atoms with van der Waals surface area (Å²) in [5, 5.41) is 0. The van der Waals surface area contributed by atoms with E-state index in [4.69, 9.17) is 4.74 Å². The van der Waals surface area contributed by atoms with Gasteiger partial charge in [-0.15, -0.1) is 0 Å². The van der Waals surface area contributed by atoms with E-state index in [1.165, 1.54) is 0 Å². The van der Waals surface area contributed by atoms with Gasteiger partial charge in [0.05, 0.1) is 11.3 Å². The molecule has 1 aliphatic rings. The molecule has 0 aromatic carbocycles. The quantitative estimate of drug-likeness (QED) is 0.617. The second-order valence-corrected chi connectivity index (χ2v) is 5.39. The smallest absolute Gasteiger partial charge is 0.108 e. The van der Waals surface area contributed by atoms with Crippen LogP contribution in [0, 0.1) is 0 Å². The molecule has 0 amide bonds. The number of hydrogen-bond acceptors (Lipinski definition) is 2. The molecule has 1 aromatic heterocycles. The highest BCUT2D eigenvalue weighted by atomic mass is 127. The Morgan fingerprint density at radius 3 is 2.73 bits per heavy atom. The van der Waals surface area contributed by atoms with E-state index in [0.29, 0.717) is 0 Å². The van der Waals surface area contributed by atoms with Gasteiger partial charge in [0.15, 0.2) is 0 Å². The van der Waals surface area contributed by atoms with Crippen LogP contribution in [0.4, 0.5) is 0 Å². The van der Waals surface area contributed by atoms with Crippen LogP contribution in [0.15, 0.2) is 24.4 Å². The van der Waals surface area contributed by atoms with Crippen molar-refractivity contribution in [2.75, 3.05) is 4.43 Å². The molecule has 15 heavy (non-hydrogen) atoms. The molecule has 1 saturated heterocycles. The summed E-state index contributed by atoms with van der Waals surface area (Å²) < 4.78 is 7.24. The van der Waals surface area contributed by atoms with E-state index >= 15 is 0 Å². The van der Waals surface area contributed by atoms with Gasteiger partial charge in [0.1, 0.15) is 5.60 Å². The molecule has 1 aromatic rings. The fourth-order valence-corrected chi connectivity index (χ4v) is 2.64. The SMILES string of the molecule is CC1(CI)CCC(C)(c2ccccn2)O1. The van der Waals surface area contributed by atoms with Gasteiger partial charge < -0.3 is 4.74 Å². The Bertz CT molecular complexity index is 343. The van der Waals surface area contributed by atoms with Gasteiger partial charge in [-0.1, -0.05) is 28.7 Å². The minimum Gasteiger partial charge on any atom is -0.362 e. The predicted molar refractivity (Wildman–Crippen MR) is 69.2 cm³/mol. The zero-order chi connectivity index (χ0) is 10.9. The van der Waals surface area contributed by atoms with Gasteiger partial charge in [0, 0.05) is 10.6 Å². The molecule has 0 aliphatic carbocycles. The molecule has 2 heterocycles. The Morgan fingerprint density at radius 1 is 1.40 bits per heavy atom. The molecule has 0 radical (unpaired) electrons. The molecule has 2 nitrogen and oxygen atoms in total. The molecule has 0 saturated carbocycles. The van der Waals surface area contributed by atoms with E-state index < -0.39 is 0 Å². The molecule has 2 rings (SSSR count). The normalized spacial score (nSPS) is 35.7. The average molecular weight is 317 g/mol. The number of halogens is 1. The maximum absolute atomic E-state index is 6.20. The van der Waals surface area contributed by atoms with Crippen molar-refractivity contribution in [2.24, 2.45) is 0 Å². The van der Waals surface area contributed by atoms with Crippen LogP contribution in [0.1, 0.15) is 32.4 Å². The van der Waals surface area contributed by atoms with Crippen LogP contribution >= 0.6 is 22.6 Å². The lowest BCUT2D eigenvalue weighted by Crippen LogP contribution is -2.31. The number of hydrogen-bond donors (Lipinski definition) is 0.